The van der Waals surface area contributed by atoms with Crippen LogP contribution in [0.1, 0.15) is 10.4 Å². The lowest BCUT2D eigenvalue weighted by atomic mass is 10.1. The van der Waals surface area contributed by atoms with Crippen LogP contribution in [0, 0.1) is 0 Å². The highest BCUT2D eigenvalue weighted by molar-refractivity contribution is 6.02. The molecule has 1 N–H and O–H groups in total. The van der Waals surface area contributed by atoms with Crippen molar-refractivity contribution in [2.75, 3.05) is 13.3 Å². The molecule has 0 bridgehead atoms. The minimum absolute atomic E-state index is 0.0610. The molecule has 1 heterocycles. The zero-order valence-corrected chi connectivity index (χ0v) is 9.41. The van der Waals surface area contributed by atoms with E-state index < -0.39 is 24.4 Å². The molecule has 8 heteroatoms. The Labute approximate surface area is 105 Å². The third-order valence-electron chi connectivity index (χ3n) is 2.36. The van der Waals surface area contributed by atoms with Crippen LogP contribution in [0.4, 0.5) is 13.2 Å². The van der Waals surface area contributed by atoms with Gasteiger partial charge in [-0.25, -0.2) is 0 Å². The van der Waals surface area contributed by atoms with Gasteiger partial charge in [-0.2, -0.15) is 13.2 Å². The van der Waals surface area contributed by atoms with E-state index in [2.05, 4.69) is 0 Å². The first kappa shape index (κ1) is 13.2. The highest BCUT2D eigenvalue weighted by Gasteiger charge is 2.38. The van der Waals surface area contributed by atoms with E-state index in [4.69, 9.17) is 9.47 Å². The summed E-state index contributed by atoms with van der Waals surface area (Å²) in [7, 11) is 0. The Kier molecular flexibility index (Phi) is 3.32. The molecule has 0 unspecified atom stereocenters. The van der Waals surface area contributed by atoms with Crippen LogP contribution in [0.2, 0.25) is 0 Å². The van der Waals surface area contributed by atoms with Crippen LogP contribution < -0.4 is 14.8 Å². The van der Waals surface area contributed by atoms with Crippen molar-refractivity contribution >= 4 is 11.7 Å². The molecule has 102 valence electrons. The maximum absolute atomic E-state index is 12.0. The van der Waals surface area contributed by atoms with Crippen LogP contribution in [-0.4, -0.2) is 31.2 Å². The molecule has 0 aliphatic carbocycles. The number of halogens is 3. The largest absolute Gasteiger partial charge is 0.471 e. The fourth-order valence-corrected chi connectivity index (χ4v) is 1.51. The Hall–Kier alpha value is -2.25. The summed E-state index contributed by atoms with van der Waals surface area (Å²) in [5.74, 6) is -2.34. The van der Waals surface area contributed by atoms with Gasteiger partial charge in [0, 0.05) is 0 Å². The molecule has 2 rings (SSSR count). The SMILES string of the molecule is O=C(CNC(=O)C(F)(F)F)c1cccc2c1OCO2. The number of rotatable bonds is 3. The first-order valence-corrected chi connectivity index (χ1v) is 5.16. The molecule has 0 saturated heterocycles. The Morgan fingerprint density at radius 3 is 2.68 bits per heavy atom. The summed E-state index contributed by atoms with van der Waals surface area (Å²) >= 11 is 0. The Balaban J connectivity index is 2.06. The number of carbonyl (C=O) groups is 2. The van der Waals surface area contributed by atoms with E-state index in [1.165, 1.54) is 17.4 Å². The summed E-state index contributed by atoms with van der Waals surface area (Å²) in [4.78, 5) is 22.3. The lowest BCUT2D eigenvalue weighted by Gasteiger charge is -2.08. The topological polar surface area (TPSA) is 64.6 Å². The zero-order chi connectivity index (χ0) is 14.0. The standard InChI is InChI=1S/C11H8F3NO4/c12-11(13,14)10(17)15-4-7(16)6-2-1-3-8-9(6)19-5-18-8/h1-3H,4-5H2,(H,15,17). The summed E-state index contributed by atoms with van der Waals surface area (Å²) in [6, 6.07) is 4.45. The van der Waals surface area contributed by atoms with Gasteiger partial charge in [-0.15, -0.1) is 0 Å². The normalized spacial score (nSPS) is 13.2. The number of nitrogens with one attached hydrogen (secondary N) is 1. The molecule has 0 spiro atoms. The van der Waals surface area contributed by atoms with Gasteiger partial charge in [0.1, 0.15) is 0 Å². The van der Waals surface area contributed by atoms with Crippen LogP contribution >= 0.6 is 0 Å². The van der Waals surface area contributed by atoms with E-state index in [-0.39, 0.29) is 18.1 Å². The summed E-state index contributed by atoms with van der Waals surface area (Å²) in [5, 5.41) is 1.50. The highest BCUT2D eigenvalue weighted by Crippen LogP contribution is 2.35. The second-order valence-corrected chi connectivity index (χ2v) is 3.64. The molecule has 1 aromatic carbocycles. The average molecular weight is 275 g/mol. The van der Waals surface area contributed by atoms with Gasteiger partial charge in [0.2, 0.25) is 6.79 Å². The fraction of sp³-hybridized carbons (Fsp3) is 0.273. The Bertz CT molecular complexity index is 527. The van der Waals surface area contributed by atoms with Gasteiger partial charge >= 0.3 is 12.1 Å². The molecule has 19 heavy (non-hydrogen) atoms. The summed E-state index contributed by atoms with van der Waals surface area (Å²) < 4.78 is 45.9. The average Bonchev–Trinajstić information content (AvgIpc) is 2.82. The van der Waals surface area contributed by atoms with Gasteiger partial charge in [0.15, 0.2) is 17.3 Å². The van der Waals surface area contributed by atoms with Crippen molar-refractivity contribution in [3.8, 4) is 11.5 Å². The van der Waals surface area contributed by atoms with E-state index in [0.717, 1.165) is 0 Å². The van der Waals surface area contributed by atoms with E-state index >= 15 is 0 Å². The van der Waals surface area contributed by atoms with Crippen molar-refractivity contribution in [2.24, 2.45) is 0 Å². The number of hydrogen-bond donors (Lipinski definition) is 1. The molecule has 0 aromatic heterocycles. The smallest absolute Gasteiger partial charge is 0.454 e. The number of fused-ring (bicyclic) bond motifs is 1. The molecular weight excluding hydrogens is 267 g/mol. The molecule has 1 amide bonds. The number of ether oxygens (including phenoxy) is 2. The first-order chi connectivity index (χ1) is 8.89. The molecule has 1 aliphatic heterocycles. The second kappa shape index (κ2) is 4.79. The fourth-order valence-electron chi connectivity index (χ4n) is 1.51. The number of hydrogen-bond acceptors (Lipinski definition) is 4. The van der Waals surface area contributed by atoms with Crippen LogP contribution in [0.25, 0.3) is 0 Å². The molecule has 0 radical (unpaired) electrons. The van der Waals surface area contributed by atoms with Crippen molar-refractivity contribution in [3.05, 3.63) is 23.8 Å². The molecule has 0 fully saturated rings. The molecular formula is C11H8F3NO4. The number of amides is 1. The minimum atomic E-state index is -5.02. The van der Waals surface area contributed by atoms with Gasteiger partial charge in [0.25, 0.3) is 0 Å². The van der Waals surface area contributed by atoms with E-state index in [0.29, 0.717) is 5.75 Å². The number of benzene rings is 1. The number of alkyl halides is 3. The zero-order valence-electron chi connectivity index (χ0n) is 9.41. The summed E-state index contributed by atoms with van der Waals surface area (Å²) in [5.41, 5.74) is 0.0671. The van der Waals surface area contributed by atoms with Crippen molar-refractivity contribution in [2.45, 2.75) is 6.18 Å². The van der Waals surface area contributed by atoms with E-state index in [9.17, 15) is 22.8 Å². The Morgan fingerprint density at radius 1 is 1.26 bits per heavy atom. The van der Waals surface area contributed by atoms with E-state index in [1.54, 1.807) is 6.07 Å². The lowest BCUT2D eigenvalue weighted by molar-refractivity contribution is -0.173. The lowest BCUT2D eigenvalue weighted by Crippen LogP contribution is -2.39. The van der Waals surface area contributed by atoms with Crippen LogP contribution in [-0.2, 0) is 4.79 Å². The van der Waals surface area contributed by atoms with E-state index in [1.807, 2.05) is 0 Å². The molecule has 5 nitrogen and oxygen atoms in total. The predicted molar refractivity (Wildman–Crippen MR) is 56.0 cm³/mol. The monoisotopic (exact) mass is 275 g/mol. The second-order valence-electron chi connectivity index (χ2n) is 3.64. The maximum Gasteiger partial charge on any atom is 0.471 e. The summed E-state index contributed by atoms with van der Waals surface area (Å²) in [6.07, 6.45) is -5.02. The van der Waals surface area contributed by atoms with Crippen molar-refractivity contribution in [3.63, 3.8) is 0 Å². The van der Waals surface area contributed by atoms with Gasteiger partial charge in [-0.3, -0.25) is 9.59 Å². The van der Waals surface area contributed by atoms with Crippen molar-refractivity contribution in [1.82, 2.24) is 5.32 Å². The van der Waals surface area contributed by atoms with Crippen molar-refractivity contribution < 1.29 is 32.2 Å². The van der Waals surface area contributed by atoms with Crippen LogP contribution in [0.3, 0.4) is 0 Å². The first-order valence-electron chi connectivity index (χ1n) is 5.16. The van der Waals surface area contributed by atoms with Crippen LogP contribution in [0.15, 0.2) is 18.2 Å². The number of ketones is 1. The minimum Gasteiger partial charge on any atom is -0.454 e. The van der Waals surface area contributed by atoms with Gasteiger partial charge in [0.05, 0.1) is 12.1 Å². The number of Topliss-reactive ketones (excluding diaryl/α,β-unsaturated/α-hetero) is 1. The highest BCUT2D eigenvalue weighted by atomic mass is 19.4. The number of carbonyl (C=O) groups excluding carboxylic acids is 2. The van der Waals surface area contributed by atoms with Crippen LogP contribution in [0.5, 0.6) is 11.5 Å². The quantitative estimate of drug-likeness (QED) is 0.844. The molecule has 1 aromatic rings. The van der Waals surface area contributed by atoms with Crippen molar-refractivity contribution in [1.29, 1.82) is 0 Å². The predicted octanol–water partition coefficient (Wildman–Crippen LogP) is 1.28. The molecule has 1 aliphatic rings. The third kappa shape index (κ3) is 2.78. The van der Waals surface area contributed by atoms with Gasteiger partial charge in [-0.05, 0) is 12.1 Å². The van der Waals surface area contributed by atoms with Gasteiger partial charge < -0.3 is 14.8 Å². The molecule has 0 atom stereocenters. The molecule has 0 saturated carbocycles. The summed E-state index contributed by atoms with van der Waals surface area (Å²) in [6.45, 7) is -0.827. The number of para-hydroxylation sites is 1. The van der Waals surface area contributed by atoms with Gasteiger partial charge in [-0.1, -0.05) is 6.07 Å². The maximum atomic E-state index is 12.0. The third-order valence-corrected chi connectivity index (χ3v) is 2.36. The Morgan fingerprint density at radius 2 is 2.00 bits per heavy atom.